The highest BCUT2D eigenvalue weighted by molar-refractivity contribution is 9.11. The van der Waals surface area contributed by atoms with E-state index in [1.165, 1.54) is 18.9 Å². The predicted octanol–water partition coefficient (Wildman–Crippen LogP) is 6.76. The molecule has 0 unspecified atom stereocenters. The van der Waals surface area contributed by atoms with Crippen molar-refractivity contribution in [3.63, 3.8) is 0 Å². The van der Waals surface area contributed by atoms with Crippen LogP contribution < -0.4 is 15.0 Å². The van der Waals surface area contributed by atoms with Crippen LogP contribution in [0.4, 0.5) is 11.4 Å². The van der Waals surface area contributed by atoms with E-state index in [0.717, 1.165) is 39.2 Å². The molecule has 4 nitrogen and oxygen atoms in total. The summed E-state index contributed by atoms with van der Waals surface area (Å²) in [7, 11) is 1.60. The maximum Gasteiger partial charge on any atom is 0.248 e. The molecule has 1 saturated heterocycles. The smallest absolute Gasteiger partial charge is 0.248 e. The number of anilines is 2. The van der Waals surface area contributed by atoms with Crippen LogP contribution in [0.3, 0.4) is 0 Å². The summed E-state index contributed by atoms with van der Waals surface area (Å²) in [5, 5.41) is 3.52. The topological polar surface area (TPSA) is 41.6 Å². The second-order valence-corrected chi connectivity index (χ2v) is 9.35. The Balaban J connectivity index is 1.68. The molecule has 0 bridgehead atoms. The van der Waals surface area contributed by atoms with Crippen molar-refractivity contribution in [2.24, 2.45) is 5.92 Å². The van der Waals surface area contributed by atoms with Gasteiger partial charge in [-0.15, -0.1) is 0 Å². The largest absolute Gasteiger partial charge is 0.495 e. The molecule has 1 heterocycles. The first-order valence-corrected chi connectivity index (χ1v) is 11.4. The number of piperidine rings is 1. The lowest BCUT2D eigenvalue weighted by atomic mass is 9.99. The van der Waals surface area contributed by atoms with Gasteiger partial charge in [0.05, 0.1) is 22.3 Å². The SMILES string of the molecule is COc1c(Br)cc(Br)cc1/C=C/C(=O)Nc1ccc(N2CCC(C)CC2)c(Cl)c1. The Bertz CT molecular complexity index is 925. The fourth-order valence-electron chi connectivity index (χ4n) is 3.36. The van der Waals surface area contributed by atoms with Gasteiger partial charge in [-0.05, 0) is 71.1 Å². The molecule has 154 valence electrons. The zero-order chi connectivity index (χ0) is 21.0. The zero-order valence-electron chi connectivity index (χ0n) is 16.3. The lowest BCUT2D eigenvalue weighted by molar-refractivity contribution is -0.111. The quantitative estimate of drug-likeness (QED) is 0.425. The lowest BCUT2D eigenvalue weighted by Gasteiger charge is -2.32. The first-order valence-electron chi connectivity index (χ1n) is 9.44. The monoisotopic (exact) mass is 540 g/mol. The van der Waals surface area contributed by atoms with Crippen LogP contribution in [0.25, 0.3) is 6.08 Å². The minimum Gasteiger partial charge on any atom is -0.495 e. The van der Waals surface area contributed by atoms with Gasteiger partial charge >= 0.3 is 0 Å². The fraction of sp³-hybridized carbons (Fsp3) is 0.318. The first-order chi connectivity index (χ1) is 13.9. The third-order valence-corrected chi connectivity index (χ3v) is 6.34. The third kappa shape index (κ3) is 5.77. The van der Waals surface area contributed by atoms with E-state index in [1.54, 1.807) is 19.3 Å². The number of hydrogen-bond acceptors (Lipinski definition) is 3. The molecule has 1 N–H and O–H groups in total. The van der Waals surface area contributed by atoms with Crippen molar-refractivity contribution in [2.75, 3.05) is 30.4 Å². The molecule has 3 rings (SSSR count). The van der Waals surface area contributed by atoms with E-state index in [4.69, 9.17) is 16.3 Å². The fourth-order valence-corrected chi connectivity index (χ4v) is 5.08. The molecule has 1 amide bonds. The average Bonchev–Trinajstić information content (AvgIpc) is 2.67. The summed E-state index contributed by atoms with van der Waals surface area (Å²) in [6.45, 7) is 4.31. The van der Waals surface area contributed by atoms with Crippen LogP contribution in [-0.4, -0.2) is 26.1 Å². The molecule has 0 atom stereocenters. The van der Waals surface area contributed by atoms with Crippen molar-refractivity contribution in [3.8, 4) is 5.75 Å². The number of methoxy groups -OCH3 is 1. The highest BCUT2D eigenvalue weighted by Crippen LogP contribution is 2.34. The molecule has 0 aromatic heterocycles. The summed E-state index contributed by atoms with van der Waals surface area (Å²) in [6, 6.07) is 9.45. The van der Waals surface area contributed by atoms with E-state index < -0.39 is 0 Å². The van der Waals surface area contributed by atoms with Gasteiger partial charge in [0.2, 0.25) is 5.91 Å². The minimum atomic E-state index is -0.237. The van der Waals surface area contributed by atoms with Crippen molar-refractivity contribution in [1.82, 2.24) is 0 Å². The van der Waals surface area contributed by atoms with Crippen LogP contribution in [-0.2, 0) is 4.79 Å². The third-order valence-electron chi connectivity index (χ3n) is 5.00. The molecule has 1 aliphatic heterocycles. The Hall–Kier alpha value is -1.50. The summed E-state index contributed by atoms with van der Waals surface area (Å²) in [4.78, 5) is 14.7. The molecule has 29 heavy (non-hydrogen) atoms. The molecule has 2 aromatic rings. The maximum atomic E-state index is 12.4. The Morgan fingerprint density at radius 3 is 2.62 bits per heavy atom. The highest BCUT2D eigenvalue weighted by atomic mass is 79.9. The Morgan fingerprint density at radius 2 is 1.97 bits per heavy atom. The molecule has 1 aliphatic rings. The molecular weight excluding hydrogens is 520 g/mol. The Kier molecular flexibility index (Phi) is 7.66. The lowest BCUT2D eigenvalue weighted by Crippen LogP contribution is -2.32. The van der Waals surface area contributed by atoms with E-state index >= 15 is 0 Å². The standard InChI is InChI=1S/C22H23Br2ClN2O2/c1-14-7-9-27(10-8-14)20-5-4-17(13-19(20)25)26-21(28)6-3-15-11-16(23)12-18(24)22(15)29-2/h3-6,11-14H,7-10H2,1-2H3,(H,26,28)/b6-3+. The van der Waals surface area contributed by atoms with Crippen LogP contribution in [0.5, 0.6) is 5.75 Å². The number of carbonyl (C=O) groups excluding carboxylic acids is 1. The van der Waals surface area contributed by atoms with E-state index in [1.807, 2.05) is 24.3 Å². The molecule has 0 spiro atoms. The summed E-state index contributed by atoms with van der Waals surface area (Å²) in [5.74, 6) is 1.19. The van der Waals surface area contributed by atoms with Crippen molar-refractivity contribution < 1.29 is 9.53 Å². The van der Waals surface area contributed by atoms with Gasteiger partial charge < -0.3 is 15.0 Å². The molecule has 0 saturated carbocycles. The van der Waals surface area contributed by atoms with E-state index in [0.29, 0.717) is 16.5 Å². The van der Waals surface area contributed by atoms with E-state index in [9.17, 15) is 4.79 Å². The number of hydrogen-bond donors (Lipinski definition) is 1. The summed E-state index contributed by atoms with van der Waals surface area (Å²) < 4.78 is 7.10. The number of carbonyl (C=O) groups is 1. The van der Waals surface area contributed by atoms with E-state index in [-0.39, 0.29) is 5.91 Å². The van der Waals surface area contributed by atoms with Crippen molar-refractivity contribution in [1.29, 1.82) is 0 Å². The first kappa shape index (κ1) is 22.2. The number of amides is 1. The summed E-state index contributed by atoms with van der Waals surface area (Å²) in [6.07, 6.45) is 5.54. The van der Waals surface area contributed by atoms with Crippen LogP contribution >= 0.6 is 43.5 Å². The normalized spacial score (nSPS) is 15.0. The van der Waals surface area contributed by atoms with Gasteiger partial charge in [-0.2, -0.15) is 0 Å². The highest BCUT2D eigenvalue weighted by Gasteiger charge is 2.18. The van der Waals surface area contributed by atoms with Gasteiger partial charge in [-0.1, -0.05) is 34.5 Å². The number of rotatable bonds is 5. The zero-order valence-corrected chi connectivity index (χ0v) is 20.3. The van der Waals surface area contributed by atoms with Gasteiger partial charge in [0.15, 0.2) is 0 Å². The number of nitrogens with one attached hydrogen (secondary N) is 1. The summed E-state index contributed by atoms with van der Waals surface area (Å²) >= 11 is 13.4. The maximum absolute atomic E-state index is 12.4. The van der Waals surface area contributed by atoms with Crippen LogP contribution in [0.1, 0.15) is 25.3 Å². The molecular formula is C22H23Br2ClN2O2. The predicted molar refractivity (Wildman–Crippen MR) is 128 cm³/mol. The van der Waals surface area contributed by atoms with Gasteiger partial charge in [-0.3, -0.25) is 4.79 Å². The molecule has 0 aliphatic carbocycles. The number of benzene rings is 2. The van der Waals surface area contributed by atoms with Gasteiger partial charge in [0.1, 0.15) is 5.75 Å². The van der Waals surface area contributed by atoms with Gasteiger partial charge in [0, 0.05) is 34.9 Å². The second-order valence-electron chi connectivity index (χ2n) is 7.17. The van der Waals surface area contributed by atoms with Crippen LogP contribution in [0, 0.1) is 5.92 Å². The Morgan fingerprint density at radius 1 is 1.24 bits per heavy atom. The second kappa shape index (κ2) is 10.0. The molecule has 1 fully saturated rings. The minimum absolute atomic E-state index is 0.237. The van der Waals surface area contributed by atoms with Crippen LogP contribution in [0.2, 0.25) is 5.02 Å². The molecule has 7 heteroatoms. The average molecular weight is 543 g/mol. The van der Waals surface area contributed by atoms with Gasteiger partial charge in [0.25, 0.3) is 0 Å². The summed E-state index contributed by atoms with van der Waals surface area (Å²) in [5.41, 5.74) is 2.48. The number of halogens is 3. The molecule has 2 aromatic carbocycles. The molecule has 0 radical (unpaired) electrons. The Labute approximate surface area is 193 Å². The van der Waals surface area contributed by atoms with Crippen molar-refractivity contribution in [3.05, 3.63) is 55.9 Å². The number of nitrogens with zero attached hydrogens (tertiary/aromatic N) is 1. The van der Waals surface area contributed by atoms with Crippen molar-refractivity contribution in [2.45, 2.75) is 19.8 Å². The van der Waals surface area contributed by atoms with E-state index in [2.05, 4.69) is 49.0 Å². The van der Waals surface area contributed by atoms with Gasteiger partial charge in [-0.25, -0.2) is 0 Å². The number of ether oxygens (including phenoxy) is 1. The van der Waals surface area contributed by atoms with Crippen LogP contribution in [0.15, 0.2) is 45.4 Å². The van der Waals surface area contributed by atoms with Crippen molar-refractivity contribution >= 4 is 66.8 Å².